The maximum absolute atomic E-state index is 16.0. The summed E-state index contributed by atoms with van der Waals surface area (Å²) in [6.45, 7) is 13.9. The largest absolute Gasteiger partial charge is 0.480 e. The van der Waals surface area contributed by atoms with Crippen LogP contribution in [0.25, 0.3) is 5.69 Å². The summed E-state index contributed by atoms with van der Waals surface area (Å²) < 4.78 is 114. The summed E-state index contributed by atoms with van der Waals surface area (Å²) in [5, 5.41) is 13.4. The van der Waals surface area contributed by atoms with Gasteiger partial charge in [-0.2, -0.15) is 17.9 Å². The Morgan fingerprint density at radius 1 is 0.894 bits per heavy atom. The minimum Gasteiger partial charge on any atom is -0.480 e. The van der Waals surface area contributed by atoms with Crippen molar-refractivity contribution in [2.75, 3.05) is 18.5 Å². The number of esters is 1. The number of unbranched alkanes of at least 4 members (excludes halogenated alkanes) is 2. The molecule has 0 aliphatic carbocycles. The first-order valence-electron chi connectivity index (χ1n) is 20.6. The number of benzene rings is 2. The molecule has 25 heteroatoms. The number of halogens is 6. The topological polar surface area (TPSA) is 219 Å². The van der Waals surface area contributed by atoms with Crippen molar-refractivity contribution < 1.29 is 69.0 Å². The van der Waals surface area contributed by atoms with Gasteiger partial charge in [-0.1, -0.05) is 17.7 Å². The third kappa shape index (κ3) is 16.7. The number of para-hydroxylation sites is 1. The molecule has 3 amide bonds. The lowest BCUT2D eigenvalue weighted by atomic mass is 10.1. The minimum atomic E-state index is -4.99. The average Bonchev–Trinajstić information content (AvgIpc) is 3.51. The molecule has 3 aromatic rings. The smallest absolute Gasteiger partial charge is 0.425 e. The van der Waals surface area contributed by atoms with E-state index in [4.69, 9.17) is 34.9 Å². The zero-order valence-electron chi connectivity index (χ0n) is 38.1. The van der Waals surface area contributed by atoms with Crippen molar-refractivity contribution in [2.24, 2.45) is 0 Å². The molecule has 4 atom stereocenters. The van der Waals surface area contributed by atoms with Crippen LogP contribution >= 0.6 is 19.3 Å². The molecule has 4 N–H and O–H groups in total. The quantitative estimate of drug-likeness (QED) is 0.0348. The summed E-state index contributed by atoms with van der Waals surface area (Å²) in [6.07, 6.45) is -6.98. The fourth-order valence-electron chi connectivity index (χ4n) is 5.48. The molecule has 1 aromatic heterocycles. The molecular weight excluding hydrogens is 928 g/mol. The number of anilines is 1. The van der Waals surface area contributed by atoms with Crippen molar-refractivity contribution in [1.82, 2.24) is 30.1 Å². The van der Waals surface area contributed by atoms with Gasteiger partial charge in [0.2, 0.25) is 5.91 Å². The Labute approximate surface area is 383 Å². The summed E-state index contributed by atoms with van der Waals surface area (Å²) in [4.78, 5) is 64.6. The highest BCUT2D eigenvalue weighted by molar-refractivity contribution is 7.51. The maximum Gasteiger partial charge on any atom is 0.425 e. The molecule has 0 radical (unpaired) electrons. The van der Waals surface area contributed by atoms with Gasteiger partial charge in [0.05, 0.1) is 28.9 Å². The number of alkyl halides is 3. The average molecular weight is 984 g/mol. The number of nitrogens with one attached hydrogen (secondary N) is 4. The number of carbonyl (C=O) groups is 4. The number of aromatic nitrogens is 3. The van der Waals surface area contributed by atoms with Crippen LogP contribution in [-0.2, 0) is 45.8 Å². The summed E-state index contributed by atoms with van der Waals surface area (Å²) in [5.74, 6) is -6.44. The van der Waals surface area contributed by atoms with Gasteiger partial charge in [0.25, 0.3) is 5.91 Å². The van der Waals surface area contributed by atoms with Gasteiger partial charge in [-0.15, -0.1) is 5.10 Å². The van der Waals surface area contributed by atoms with Crippen molar-refractivity contribution in [3.63, 3.8) is 0 Å². The molecule has 0 aliphatic rings. The molecule has 2 aromatic carbocycles. The number of alkyl carbamates (subject to hydrolysis) is 1. The van der Waals surface area contributed by atoms with Gasteiger partial charge in [-0.3, -0.25) is 23.2 Å². The molecule has 0 fully saturated rings. The van der Waals surface area contributed by atoms with Crippen molar-refractivity contribution in [1.29, 1.82) is 0 Å². The van der Waals surface area contributed by atoms with Gasteiger partial charge in [0, 0.05) is 19.2 Å². The van der Waals surface area contributed by atoms with E-state index >= 15 is 4.39 Å². The second-order valence-electron chi connectivity index (χ2n) is 16.7. The maximum atomic E-state index is 16.0. The number of ether oxygens (including phenoxy) is 3. The second-order valence-corrected chi connectivity index (χ2v) is 18.9. The normalized spacial score (nSPS) is 14.4. The first-order chi connectivity index (χ1) is 30.4. The summed E-state index contributed by atoms with van der Waals surface area (Å²) in [7, 11) is -4.56. The van der Waals surface area contributed by atoms with Gasteiger partial charge in [0.15, 0.2) is 11.9 Å². The zero-order chi connectivity index (χ0) is 49.9. The molecule has 0 bridgehead atoms. The monoisotopic (exact) mass is 983 g/mol. The van der Waals surface area contributed by atoms with Gasteiger partial charge in [-0.25, -0.2) is 32.8 Å². The fraction of sp³-hybridized carbons (Fsp3) is 0.561. The highest BCUT2D eigenvalue weighted by Crippen LogP contribution is 2.45. The van der Waals surface area contributed by atoms with Crippen LogP contribution in [0.3, 0.4) is 0 Å². The van der Waals surface area contributed by atoms with Crippen molar-refractivity contribution in [3.05, 3.63) is 68.9 Å². The Morgan fingerprint density at radius 3 is 2.14 bits per heavy atom. The van der Waals surface area contributed by atoms with Crippen LogP contribution < -0.4 is 31.5 Å². The Kier molecular flexibility index (Phi) is 19.3. The highest BCUT2D eigenvalue weighted by Gasteiger charge is 2.39. The molecule has 3 rings (SSSR count). The predicted molar refractivity (Wildman–Crippen MR) is 231 cm³/mol. The van der Waals surface area contributed by atoms with E-state index in [2.05, 4.69) is 26.1 Å². The van der Waals surface area contributed by atoms with E-state index in [1.807, 2.05) is 0 Å². The van der Waals surface area contributed by atoms with E-state index in [1.165, 1.54) is 32.9 Å². The molecule has 1 heterocycles. The minimum absolute atomic E-state index is 0.158. The first kappa shape index (κ1) is 55.2. The molecular formula is C41H56ClF5N7O11P. The molecule has 4 unspecified atom stereocenters. The first-order valence-corrected chi connectivity index (χ1v) is 22.6. The molecule has 0 spiro atoms. The van der Waals surface area contributed by atoms with Gasteiger partial charge >= 0.3 is 31.7 Å². The van der Waals surface area contributed by atoms with E-state index in [1.54, 1.807) is 41.5 Å². The molecule has 0 saturated heterocycles. The van der Waals surface area contributed by atoms with E-state index in [-0.39, 0.29) is 37.0 Å². The lowest BCUT2D eigenvalue weighted by Gasteiger charge is -2.25. The fourth-order valence-corrected chi connectivity index (χ4v) is 7.17. The Balaban J connectivity index is 1.94. The van der Waals surface area contributed by atoms with Gasteiger partial charge in [0.1, 0.15) is 46.9 Å². The lowest BCUT2D eigenvalue weighted by Crippen LogP contribution is -2.48. The summed E-state index contributed by atoms with van der Waals surface area (Å²) in [6, 6.07) is 1.99. The third-order valence-electron chi connectivity index (χ3n) is 8.72. The number of amides is 3. The van der Waals surface area contributed by atoms with E-state index in [0.29, 0.717) is 36.6 Å². The summed E-state index contributed by atoms with van der Waals surface area (Å²) in [5.41, 5.74) is -4.80. The van der Waals surface area contributed by atoms with Crippen molar-refractivity contribution in [3.8, 4) is 11.4 Å². The predicted octanol–water partition coefficient (Wildman–Crippen LogP) is 7.73. The SMILES string of the molecule is CCn1c(COP(=O)(NC(C)C(=O)NC(C)C(=O)OC(C)(C)C)OCCCCCNC(=O)OC(C)(C)C)nn(-c2cc(OC(C)C(F)(F)F)c(C(=O)Nc3c(F)cccc3Cl)cc2F)c1=O. The second kappa shape index (κ2) is 23.1. The summed E-state index contributed by atoms with van der Waals surface area (Å²) >= 11 is 5.99. The van der Waals surface area contributed by atoms with Crippen LogP contribution in [0.5, 0.6) is 5.75 Å². The van der Waals surface area contributed by atoms with E-state index in [0.717, 1.165) is 10.6 Å². The highest BCUT2D eigenvalue weighted by atomic mass is 35.5. The van der Waals surface area contributed by atoms with Crippen molar-refractivity contribution in [2.45, 2.75) is 137 Å². The number of rotatable bonds is 21. The Bertz CT molecular complexity index is 2300. The molecule has 0 saturated carbocycles. The van der Waals surface area contributed by atoms with E-state index < -0.39 is 114 Å². The van der Waals surface area contributed by atoms with Crippen LogP contribution in [0.15, 0.2) is 35.1 Å². The van der Waals surface area contributed by atoms with Crippen LogP contribution in [0.1, 0.15) is 105 Å². The number of hydrogen-bond donors (Lipinski definition) is 4. The van der Waals surface area contributed by atoms with Crippen molar-refractivity contribution >= 4 is 48.9 Å². The zero-order valence-corrected chi connectivity index (χ0v) is 39.8. The van der Waals surface area contributed by atoms with Crippen LogP contribution in [-0.4, -0.2) is 86.9 Å². The van der Waals surface area contributed by atoms with Gasteiger partial charge < -0.3 is 30.2 Å². The number of nitrogens with zero attached hydrogens (tertiary/aromatic N) is 3. The van der Waals surface area contributed by atoms with Crippen LogP contribution in [0.2, 0.25) is 5.02 Å². The number of hydrogen-bond acceptors (Lipinski definition) is 12. The lowest BCUT2D eigenvalue weighted by molar-refractivity contribution is -0.189. The van der Waals surface area contributed by atoms with E-state index in [9.17, 15) is 46.1 Å². The Hall–Kier alpha value is -5.09. The third-order valence-corrected chi connectivity index (χ3v) is 10.7. The molecule has 66 heavy (non-hydrogen) atoms. The standard InChI is InChI=1S/C41H56ClF5N7O11P/c1-11-53-32(51-54(38(53)59)30-21-31(63-25(4)41(45,46)47)26(20-29(30)44)35(56)50-33-27(42)16-15-17-28(33)43)22-62-66(60,61-19-14-12-13-18-48-37(58)65-40(8,9)10)52-23(2)34(55)49-24(3)36(57)64-39(5,6)7/h15-17,20-21,23-25H,11-14,18-19,22H2,1-10H3,(H,48,58)(H,49,55)(H,50,56)(H,52,60). The Morgan fingerprint density at radius 2 is 1.55 bits per heavy atom. The van der Waals surface area contributed by atoms with Gasteiger partial charge in [-0.05, 0) is 107 Å². The number of carbonyl (C=O) groups excluding carboxylic acids is 4. The van der Waals surface area contributed by atoms with Crippen LogP contribution in [0, 0.1) is 11.6 Å². The molecule has 0 aliphatic heterocycles. The van der Waals surface area contributed by atoms with Crippen LogP contribution in [0.4, 0.5) is 32.4 Å². The molecule has 368 valence electrons. The molecule has 18 nitrogen and oxygen atoms in total.